The number of rotatable bonds is 4. The fourth-order valence-electron chi connectivity index (χ4n) is 2.27. The van der Waals surface area contributed by atoms with Crippen LogP contribution in [0.1, 0.15) is 22.6 Å². The van der Waals surface area contributed by atoms with Crippen molar-refractivity contribution >= 4 is 0 Å². The standard InChI is InChI=1S/C17H16FNO/c1-12-7-8-17(20-2)13(9-12)10-14(11-19)15-5-3-4-6-16(15)18/h3-9,14H,10H2,1-2H3. The Hall–Kier alpha value is -2.34. The van der Waals surface area contributed by atoms with E-state index in [1.54, 1.807) is 25.3 Å². The molecule has 0 saturated carbocycles. The minimum Gasteiger partial charge on any atom is -0.496 e. The lowest BCUT2D eigenvalue weighted by molar-refractivity contribution is 0.408. The van der Waals surface area contributed by atoms with Crippen molar-refractivity contribution in [1.82, 2.24) is 0 Å². The molecule has 20 heavy (non-hydrogen) atoms. The molecule has 3 heteroatoms. The predicted molar refractivity (Wildman–Crippen MR) is 76.2 cm³/mol. The van der Waals surface area contributed by atoms with Gasteiger partial charge in [0.05, 0.1) is 19.1 Å². The number of halogens is 1. The maximum Gasteiger partial charge on any atom is 0.127 e. The number of benzene rings is 2. The molecule has 2 rings (SSSR count). The molecule has 1 unspecified atom stereocenters. The second-order valence-electron chi connectivity index (χ2n) is 4.72. The molecule has 0 radical (unpaired) electrons. The molecule has 2 aromatic rings. The van der Waals surface area contributed by atoms with E-state index in [1.165, 1.54) is 6.07 Å². The Morgan fingerprint density at radius 2 is 2.00 bits per heavy atom. The van der Waals surface area contributed by atoms with Gasteiger partial charge in [-0.15, -0.1) is 0 Å². The van der Waals surface area contributed by atoms with Crippen LogP contribution in [-0.2, 0) is 6.42 Å². The lowest BCUT2D eigenvalue weighted by atomic mass is 9.92. The van der Waals surface area contributed by atoms with Crippen molar-refractivity contribution < 1.29 is 9.13 Å². The number of nitrogens with zero attached hydrogens (tertiary/aromatic N) is 1. The molecule has 0 aromatic heterocycles. The van der Waals surface area contributed by atoms with Gasteiger partial charge in [0.1, 0.15) is 11.6 Å². The molecule has 0 fully saturated rings. The Labute approximate surface area is 118 Å². The van der Waals surface area contributed by atoms with E-state index in [0.717, 1.165) is 16.9 Å². The minimum absolute atomic E-state index is 0.342. The lowest BCUT2D eigenvalue weighted by Crippen LogP contribution is -2.04. The Balaban J connectivity index is 2.35. The molecule has 1 atom stereocenters. The fourth-order valence-corrected chi connectivity index (χ4v) is 2.27. The SMILES string of the molecule is COc1ccc(C)cc1CC(C#N)c1ccccc1F. The molecular weight excluding hydrogens is 253 g/mol. The van der Waals surface area contributed by atoms with Crippen LogP contribution < -0.4 is 4.74 Å². The van der Waals surface area contributed by atoms with Crippen molar-refractivity contribution in [2.75, 3.05) is 7.11 Å². The smallest absolute Gasteiger partial charge is 0.127 e. The van der Waals surface area contributed by atoms with Crippen molar-refractivity contribution in [2.45, 2.75) is 19.3 Å². The van der Waals surface area contributed by atoms with Gasteiger partial charge in [-0.1, -0.05) is 35.9 Å². The second kappa shape index (κ2) is 6.21. The summed E-state index contributed by atoms with van der Waals surface area (Å²) >= 11 is 0. The summed E-state index contributed by atoms with van der Waals surface area (Å²) in [6, 6.07) is 14.4. The summed E-state index contributed by atoms with van der Waals surface area (Å²) in [5.41, 5.74) is 2.44. The molecule has 0 heterocycles. The summed E-state index contributed by atoms with van der Waals surface area (Å²) in [6.45, 7) is 1.98. The zero-order chi connectivity index (χ0) is 14.5. The normalized spacial score (nSPS) is 11.7. The highest BCUT2D eigenvalue weighted by Gasteiger charge is 2.17. The van der Waals surface area contributed by atoms with Gasteiger partial charge in [-0.2, -0.15) is 5.26 Å². The summed E-state index contributed by atoms with van der Waals surface area (Å²) in [5.74, 6) is -0.134. The van der Waals surface area contributed by atoms with Crippen LogP contribution in [0.15, 0.2) is 42.5 Å². The van der Waals surface area contributed by atoms with Gasteiger partial charge in [0.2, 0.25) is 0 Å². The average molecular weight is 269 g/mol. The third kappa shape index (κ3) is 2.97. The molecule has 2 nitrogen and oxygen atoms in total. The second-order valence-corrected chi connectivity index (χ2v) is 4.72. The first-order valence-corrected chi connectivity index (χ1v) is 6.43. The zero-order valence-electron chi connectivity index (χ0n) is 11.6. The van der Waals surface area contributed by atoms with Gasteiger partial charge in [-0.05, 0) is 31.0 Å². The molecule has 0 amide bonds. The van der Waals surface area contributed by atoms with Crippen LogP contribution in [0.3, 0.4) is 0 Å². The highest BCUT2D eigenvalue weighted by molar-refractivity contribution is 5.40. The van der Waals surface area contributed by atoms with Gasteiger partial charge in [0.15, 0.2) is 0 Å². The van der Waals surface area contributed by atoms with Gasteiger partial charge in [-0.3, -0.25) is 0 Å². The Kier molecular flexibility index (Phi) is 4.37. The summed E-state index contributed by atoms with van der Waals surface area (Å²) < 4.78 is 19.1. The van der Waals surface area contributed by atoms with E-state index in [2.05, 4.69) is 6.07 Å². The maximum atomic E-state index is 13.8. The number of methoxy groups -OCH3 is 1. The third-order valence-electron chi connectivity index (χ3n) is 3.30. The van der Waals surface area contributed by atoms with Crippen molar-refractivity contribution in [3.63, 3.8) is 0 Å². The fraction of sp³-hybridized carbons (Fsp3) is 0.235. The molecule has 2 aromatic carbocycles. The molecule has 0 bridgehead atoms. The quantitative estimate of drug-likeness (QED) is 0.840. The Morgan fingerprint density at radius 3 is 2.65 bits per heavy atom. The van der Waals surface area contributed by atoms with Crippen LogP contribution in [-0.4, -0.2) is 7.11 Å². The summed E-state index contributed by atoms with van der Waals surface area (Å²) in [6.07, 6.45) is 0.433. The van der Waals surface area contributed by atoms with Crippen LogP contribution in [0.2, 0.25) is 0 Å². The number of hydrogen-bond acceptors (Lipinski definition) is 2. The van der Waals surface area contributed by atoms with Gasteiger partial charge < -0.3 is 4.74 Å². The molecule has 0 aliphatic rings. The summed E-state index contributed by atoms with van der Waals surface area (Å²) in [4.78, 5) is 0. The molecule has 102 valence electrons. The van der Waals surface area contributed by atoms with Crippen LogP contribution in [0.25, 0.3) is 0 Å². The highest BCUT2D eigenvalue weighted by atomic mass is 19.1. The van der Waals surface area contributed by atoms with Crippen LogP contribution in [0.5, 0.6) is 5.75 Å². The summed E-state index contributed by atoms with van der Waals surface area (Å²) in [7, 11) is 1.60. The van der Waals surface area contributed by atoms with E-state index >= 15 is 0 Å². The number of aryl methyl sites for hydroxylation is 1. The van der Waals surface area contributed by atoms with Crippen LogP contribution in [0.4, 0.5) is 4.39 Å². The maximum absolute atomic E-state index is 13.8. The number of hydrogen-bond donors (Lipinski definition) is 0. The Morgan fingerprint density at radius 1 is 1.25 bits per heavy atom. The number of ether oxygens (including phenoxy) is 1. The third-order valence-corrected chi connectivity index (χ3v) is 3.30. The first-order chi connectivity index (χ1) is 9.65. The van der Waals surface area contributed by atoms with Gasteiger partial charge in [-0.25, -0.2) is 4.39 Å². The first-order valence-electron chi connectivity index (χ1n) is 6.43. The molecule has 0 N–H and O–H groups in total. The lowest BCUT2D eigenvalue weighted by Gasteiger charge is -2.14. The predicted octanol–water partition coefficient (Wildman–Crippen LogP) is 3.99. The van der Waals surface area contributed by atoms with E-state index < -0.39 is 5.92 Å². The highest BCUT2D eigenvalue weighted by Crippen LogP contribution is 2.28. The van der Waals surface area contributed by atoms with E-state index in [0.29, 0.717) is 12.0 Å². The van der Waals surface area contributed by atoms with Crippen LogP contribution >= 0.6 is 0 Å². The van der Waals surface area contributed by atoms with Gasteiger partial charge in [0.25, 0.3) is 0 Å². The van der Waals surface area contributed by atoms with Crippen molar-refractivity contribution in [3.05, 3.63) is 65.0 Å². The molecular formula is C17H16FNO. The largest absolute Gasteiger partial charge is 0.496 e. The summed E-state index contributed by atoms with van der Waals surface area (Å²) in [5, 5.41) is 9.34. The molecule has 0 aliphatic carbocycles. The number of nitriles is 1. The molecule has 0 aliphatic heterocycles. The van der Waals surface area contributed by atoms with Crippen molar-refractivity contribution in [2.24, 2.45) is 0 Å². The minimum atomic E-state index is -0.521. The topological polar surface area (TPSA) is 33.0 Å². The average Bonchev–Trinajstić information content (AvgIpc) is 2.46. The molecule has 0 spiro atoms. The van der Waals surface area contributed by atoms with E-state index in [9.17, 15) is 9.65 Å². The Bertz CT molecular complexity index is 646. The van der Waals surface area contributed by atoms with E-state index in [4.69, 9.17) is 4.74 Å². The first kappa shape index (κ1) is 14.1. The monoisotopic (exact) mass is 269 g/mol. The van der Waals surface area contributed by atoms with E-state index in [-0.39, 0.29) is 5.82 Å². The van der Waals surface area contributed by atoms with Crippen LogP contribution in [0, 0.1) is 24.1 Å². The van der Waals surface area contributed by atoms with Gasteiger partial charge in [0, 0.05) is 5.56 Å². The van der Waals surface area contributed by atoms with Crippen molar-refractivity contribution in [3.8, 4) is 11.8 Å². The zero-order valence-corrected chi connectivity index (χ0v) is 11.6. The molecule has 0 saturated heterocycles. The van der Waals surface area contributed by atoms with E-state index in [1.807, 2.05) is 25.1 Å². The van der Waals surface area contributed by atoms with Crippen molar-refractivity contribution in [1.29, 1.82) is 5.26 Å². The van der Waals surface area contributed by atoms with Gasteiger partial charge >= 0.3 is 0 Å².